The maximum atomic E-state index is 13.3. The Hall–Kier alpha value is -2.64. The number of nitriles is 1. The summed E-state index contributed by atoms with van der Waals surface area (Å²) >= 11 is 3.49. The molecule has 1 heterocycles. The van der Waals surface area contributed by atoms with Crippen LogP contribution in [0.15, 0.2) is 76.9 Å². The zero-order valence-corrected chi connectivity index (χ0v) is 16.7. The molecule has 0 atom stereocenters. The number of ketones is 1. The number of hydrogen-bond donors (Lipinski definition) is 0. The van der Waals surface area contributed by atoms with Crippen LogP contribution in [-0.2, 0) is 0 Å². The number of likely N-dealkylation sites (tertiary alicyclic amines) is 1. The molecule has 0 amide bonds. The molecule has 0 bridgehead atoms. The predicted octanol–water partition coefficient (Wildman–Crippen LogP) is 5.61. The number of nitrogens with zero attached hydrogens (tertiary/aromatic N) is 2. The molecular formula is C23H21BrN2O. The van der Waals surface area contributed by atoms with Crippen molar-refractivity contribution in [2.75, 3.05) is 13.1 Å². The average molecular weight is 421 g/mol. The van der Waals surface area contributed by atoms with Gasteiger partial charge in [0, 0.05) is 40.5 Å². The molecule has 0 saturated carbocycles. The van der Waals surface area contributed by atoms with Gasteiger partial charge >= 0.3 is 0 Å². The van der Waals surface area contributed by atoms with Crippen molar-refractivity contribution in [1.82, 2.24) is 4.90 Å². The van der Waals surface area contributed by atoms with E-state index < -0.39 is 0 Å². The van der Waals surface area contributed by atoms with Gasteiger partial charge in [-0.2, -0.15) is 5.26 Å². The van der Waals surface area contributed by atoms with Gasteiger partial charge < -0.3 is 4.90 Å². The SMILES string of the molecule is N#C/C=C(\C=C(\C(=O)c1ccccc1)c1cccc(Br)c1)N1CCCCC1. The second-order valence-electron chi connectivity index (χ2n) is 6.51. The Labute approximate surface area is 168 Å². The van der Waals surface area contributed by atoms with Crippen molar-refractivity contribution >= 4 is 27.3 Å². The van der Waals surface area contributed by atoms with E-state index in [1.165, 1.54) is 6.42 Å². The largest absolute Gasteiger partial charge is 0.371 e. The molecule has 136 valence electrons. The van der Waals surface area contributed by atoms with Gasteiger partial charge in [0.1, 0.15) is 0 Å². The number of hydrogen-bond acceptors (Lipinski definition) is 3. The maximum absolute atomic E-state index is 13.3. The van der Waals surface area contributed by atoms with Crippen LogP contribution in [0.3, 0.4) is 0 Å². The smallest absolute Gasteiger partial charge is 0.193 e. The molecule has 1 saturated heterocycles. The van der Waals surface area contributed by atoms with E-state index in [9.17, 15) is 10.1 Å². The van der Waals surface area contributed by atoms with Gasteiger partial charge in [0.15, 0.2) is 5.78 Å². The summed E-state index contributed by atoms with van der Waals surface area (Å²) in [5.41, 5.74) is 2.86. The van der Waals surface area contributed by atoms with Gasteiger partial charge in [-0.15, -0.1) is 0 Å². The van der Waals surface area contributed by atoms with Gasteiger partial charge in [-0.1, -0.05) is 58.4 Å². The molecule has 0 aliphatic carbocycles. The molecule has 27 heavy (non-hydrogen) atoms. The third-order valence-electron chi connectivity index (χ3n) is 4.64. The highest BCUT2D eigenvalue weighted by molar-refractivity contribution is 9.10. The van der Waals surface area contributed by atoms with Crippen molar-refractivity contribution in [1.29, 1.82) is 5.26 Å². The molecule has 3 nitrogen and oxygen atoms in total. The summed E-state index contributed by atoms with van der Waals surface area (Å²) in [5, 5.41) is 9.28. The van der Waals surface area contributed by atoms with E-state index in [0.717, 1.165) is 41.7 Å². The topological polar surface area (TPSA) is 44.1 Å². The lowest BCUT2D eigenvalue weighted by Crippen LogP contribution is -2.28. The summed E-state index contributed by atoms with van der Waals surface area (Å²) < 4.78 is 0.913. The van der Waals surface area contributed by atoms with Crippen molar-refractivity contribution < 1.29 is 4.79 Å². The lowest BCUT2D eigenvalue weighted by Gasteiger charge is -2.29. The molecule has 2 aromatic carbocycles. The van der Waals surface area contributed by atoms with Gasteiger partial charge in [-0.25, -0.2) is 0 Å². The Morgan fingerprint density at radius 1 is 1.00 bits per heavy atom. The van der Waals surface area contributed by atoms with E-state index >= 15 is 0 Å². The zero-order chi connectivity index (χ0) is 19.1. The third-order valence-corrected chi connectivity index (χ3v) is 5.14. The van der Waals surface area contributed by atoms with Crippen LogP contribution in [0.4, 0.5) is 0 Å². The average Bonchev–Trinajstić information content (AvgIpc) is 2.72. The molecule has 2 aromatic rings. The first-order valence-electron chi connectivity index (χ1n) is 9.11. The van der Waals surface area contributed by atoms with Crippen molar-refractivity contribution in [3.8, 4) is 6.07 Å². The normalized spacial score (nSPS) is 15.3. The van der Waals surface area contributed by atoms with Gasteiger partial charge in [0.2, 0.25) is 0 Å². The fraction of sp³-hybridized carbons (Fsp3) is 0.217. The Morgan fingerprint density at radius 2 is 1.70 bits per heavy atom. The maximum Gasteiger partial charge on any atom is 0.193 e. The highest BCUT2D eigenvalue weighted by Gasteiger charge is 2.18. The number of allylic oxidation sites excluding steroid dienone is 3. The van der Waals surface area contributed by atoms with Crippen LogP contribution in [0.25, 0.3) is 5.57 Å². The fourth-order valence-electron chi connectivity index (χ4n) is 3.27. The Bertz CT molecular complexity index is 903. The van der Waals surface area contributed by atoms with E-state index in [4.69, 9.17) is 0 Å². The number of Topliss-reactive ketones (excluding diaryl/α,β-unsaturated/α-hetero) is 1. The molecule has 1 aliphatic heterocycles. The molecule has 3 rings (SSSR count). The number of carbonyl (C=O) groups is 1. The third kappa shape index (κ3) is 4.96. The van der Waals surface area contributed by atoms with Crippen LogP contribution in [0.1, 0.15) is 35.2 Å². The molecule has 0 unspecified atom stereocenters. The highest BCUT2D eigenvalue weighted by Crippen LogP contribution is 2.26. The molecule has 4 heteroatoms. The van der Waals surface area contributed by atoms with Gasteiger partial charge in [-0.3, -0.25) is 4.79 Å². The first-order chi connectivity index (χ1) is 13.2. The number of halogens is 1. The van der Waals surface area contributed by atoms with Crippen LogP contribution >= 0.6 is 15.9 Å². The standard InChI is InChI=1S/C23H21BrN2O/c24-20-11-7-10-19(16-20)22(23(27)18-8-3-1-4-9-18)17-21(12-13-25)26-14-5-2-6-15-26/h1,3-4,7-12,16-17H,2,5-6,14-15H2/b21-12+,22-17+. The number of benzene rings is 2. The molecule has 0 aromatic heterocycles. The summed E-state index contributed by atoms with van der Waals surface area (Å²) in [4.78, 5) is 15.5. The highest BCUT2D eigenvalue weighted by atomic mass is 79.9. The van der Waals surface area contributed by atoms with Crippen LogP contribution in [0.5, 0.6) is 0 Å². The summed E-state index contributed by atoms with van der Waals surface area (Å²) in [6, 6.07) is 19.1. The summed E-state index contributed by atoms with van der Waals surface area (Å²) in [6.45, 7) is 1.82. The van der Waals surface area contributed by atoms with Gasteiger partial charge in [0.05, 0.1) is 6.07 Å². The Morgan fingerprint density at radius 3 is 2.37 bits per heavy atom. The molecule has 0 radical (unpaired) electrons. The van der Waals surface area contributed by atoms with Crippen LogP contribution < -0.4 is 0 Å². The van der Waals surface area contributed by atoms with E-state index in [1.54, 1.807) is 6.08 Å². The van der Waals surface area contributed by atoms with Gasteiger partial charge in [-0.05, 0) is 43.0 Å². The molecule has 1 aliphatic rings. The fourth-order valence-corrected chi connectivity index (χ4v) is 3.67. The van der Waals surface area contributed by atoms with Crippen LogP contribution in [-0.4, -0.2) is 23.8 Å². The molecule has 0 N–H and O–H groups in total. The second-order valence-corrected chi connectivity index (χ2v) is 7.43. The monoisotopic (exact) mass is 420 g/mol. The van der Waals surface area contributed by atoms with E-state index in [0.29, 0.717) is 11.1 Å². The van der Waals surface area contributed by atoms with Crippen molar-refractivity contribution in [3.05, 3.63) is 88.0 Å². The van der Waals surface area contributed by atoms with Crippen molar-refractivity contribution in [3.63, 3.8) is 0 Å². The summed E-state index contributed by atoms with van der Waals surface area (Å²) in [7, 11) is 0. The predicted molar refractivity (Wildman–Crippen MR) is 112 cm³/mol. The van der Waals surface area contributed by atoms with E-state index in [2.05, 4.69) is 26.9 Å². The summed E-state index contributed by atoms with van der Waals surface area (Å²) in [5.74, 6) is -0.0467. The lowest BCUT2D eigenvalue weighted by atomic mass is 9.95. The zero-order valence-electron chi connectivity index (χ0n) is 15.1. The lowest BCUT2D eigenvalue weighted by molar-refractivity contribution is 0.105. The van der Waals surface area contributed by atoms with Crippen LogP contribution in [0, 0.1) is 11.3 Å². The Kier molecular flexibility index (Phi) is 6.62. The molecular weight excluding hydrogens is 400 g/mol. The minimum absolute atomic E-state index is 0.0467. The first-order valence-corrected chi connectivity index (χ1v) is 9.90. The van der Waals surface area contributed by atoms with Crippen molar-refractivity contribution in [2.45, 2.75) is 19.3 Å². The van der Waals surface area contributed by atoms with E-state index in [-0.39, 0.29) is 5.78 Å². The number of piperidine rings is 1. The summed E-state index contributed by atoms with van der Waals surface area (Å²) in [6.07, 6.45) is 6.83. The second kappa shape index (κ2) is 9.34. The quantitative estimate of drug-likeness (QED) is 0.273. The molecule has 1 fully saturated rings. The minimum Gasteiger partial charge on any atom is -0.371 e. The van der Waals surface area contributed by atoms with Crippen LogP contribution in [0.2, 0.25) is 0 Å². The van der Waals surface area contributed by atoms with Crippen molar-refractivity contribution in [2.24, 2.45) is 0 Å². The van der Waals surface area contributed by atoms with E-state index in [1.807, 2.05) is 60.7 Å². The number of carbonyl (C=O) groups excluding carboxylic acids is 1. The Balaban J connectivity index is 2.07. The first kappa shape index (κ1) is 19.1. The minimum atomic E-state index is -0.0467. The van der Waals surface area contributed by atoms with Gasteiger partial charge in [0.25, 0.3) is 0 Å². The number of rotatable bonds is 5. The molecule has 0 spiro atoms.